The van der Waals surface area contributed by atoms with Crippen molar-refractivity contribution in [1.29, 1.82) is 0 Å². The van der Waals surface area contributed by atoms with Crippen LogP contribution in [0.15, 0.2) is 0 Å². The Kier molecular flexibility index (Phi) is 4.62. The van der Waals surface area contributed by atoms with Crippen molar-refractivity contribution in [2.75, 3.05) is 26.2 Å². The van der Waals surface area contributed by atoms with Crippen LogP contribution >= 0.6 is 0 Å². The Balaban J connectivity index is 1.79. The zero-order valence-electron chi connectivity index (χ0n) is 11.5. The predicted molar refractivity (Wildman–Crippen MR) is 71.3 cm³/mol. The molecule has 2 aliphatic rings. The number of nitrogens with zero attached hydrogens (tertiary/aromatic N) is 1. The lowest BCUT2D eigenvalue weighted by Crippen LogP contribution is -2.47. The summed E-state index contributed by atoms with van der Waals surface area (Å²) in [6.45, 7) is 4.78. The van der Waals surface area contributed by atoms with E-state index in [2.05, 4.69) is 5.32 Å². The molecule has 1 saturated carbocycles. The van der Waals surface area contributed by atoms with Gasteiger partial charge in [-0.3, -0.25) is 4.79 Å². The van der Waals surface area contributed by atoms with Crippen molar-refractivity contribution in [3.8, 4) is 0 Å². The fourth-order valence-electron chi connectivity index (χ4n) is 3.18. The summed E-state index contributed by atoms with van der Waals surface area (Å²) in [5, 5.41) is 12.9. The molecule has 0 aromatic heterocycles. The van der Waals surface area contributed by atoms with Gasteiger partial charge in [0.25, 0.3) is 0 Å². The van der Waals surface area contributed by atoms with Gasteiger partial charge in [0, 0.05) is 31.7 Å². The number of likely N-dealkylation sites (tertiary alicyclic amines) is 1. The molecule has 0 aromatic carbocycles. The van der Waals surface area contributed by atoms with Crippen LogP contribution in [0.3, 0.4) is 0 Å². The molecule has 1 aliphatic heterocycles. The second kappa shape index (κ2) is 6.02. The molecule has 1 saturated heterocycles. The van der Waals surface area contributed by atoms with E-state index in [0.717, 1.165) is 45.3 Å². The number of hydrogen-bond donors (Lipinski definition) is 2. The van der Waals surface area contributed by atoms with Gasteiger partial charge in [0.15, 0.2) is 0 Å². The van der Waals surface area contributed by atoms with E-state index in [1.165, 1.54) is 12.8 Å². The summed E-state index contributed by atoms with van der Waals surface area (Å²) < 4.78 is 0. The Morgan fingerprint density at radius 3 is 2.44 bits per heavy atom. The first-order chi connectivity index (χ1) is 8.67. The third-order valence-electron chi connectivity index (χ3n) is 4.57. The molecule has 2 N–H and O–H groups in total. The highest BCUT2D eigenvalue weighted by molar-refractivity contribution is 5.81. The number of aliphatic hydroxyl groups excluding tert-OH is 1. The number of carbonyl (C=O) groups is 1. The summed E-state index contributed by atoms with van der Waals surface area (Å²) >= 11 is 0. The van der Waals surface area contributed by atoms with E-state index in [-0.39, 0.29) is 24.0 Å². The largest absolute Gasteiger partial charge is 0.396 e. The molecule has 0 spiro atoms. The summed E-state index contributed by atoms with van der Waals surface area (Å²) in [6, 6.07) is -0.118. The smallest absolute Gasteiger partial charge is 0.239 e. The van der Waals surface area contributed by atoms with Crippen molar-refractivity contribution in [2.24, 2.45) is 5.41 Å². The number of hydrogen-bond acceptors (Lipinski definition) is 3. The molecule has 0 aromatic rings. The van der Waals surface area contributed by atoms with Gasteiger partial charge in [-0.05, 0) is 32.6 Å². The SMILES string of the molecule is CC(NCC1(CO)CCCC1)C(=O)N1CCCC1. The van der Waals surface area contributed by atoms with E-state index >= 15 is 0 Å². The fraction of sp³-hybridized carbons (Fsp3) is 0.929. The lowest BCUT2D eigenvalue weighted by atomic mass is 9.87. The minimum absolute atomic E-state index is 0.0273. The zero-order chi connectivity index (χ0) is 13.0. The molecule has 0 bridgehead atoms. The minimum atomic E-state index is -0.118. The van der Waals surface area contributed by atoms with Crippen LogP contribution in [0.2, 0.25) is 0 Å². The first-order valence-corrected chi connectivity index (χ1v) is 7.30. The molecular formula is C14H26N2O2. The summed E-state index contributed by atoms with van der Waals surface area (Å²) in [4.78, 5) is 14.1. The summed E-state index contributed by atoms with van der Waals surface area (Å²) in [5.41, 5.74) is 0.0273. The number of amides is 1. The van der Waals surface area contributed by atoms with Crippen molar-refractivity contribution in [1.82, 2.24) is 10.2 Å². The molecule has 4 heteroatoms. The molecule has 2 rings (SSSR count). The van der Waals surface area contributed by atoms with Gasteiger partial charge in [0.2, 0.25) is 5.91 Å². The average Bonchev–Trinajstić information content (AvgIpc) is 3.06. The molecule has 1 atom stereocenters. The summed E-state index contributed by atoms with van der Waals surface area (Å²) in [7, 11) is 0. The van der Waals surface area contributed by atoms with E-state index < -0.39 is 0 Å². The topological polar surface area (TPSA) is 52.6 Å². The second-order valence-corrected chi connectivity index (χ2v) is 6.00. The maximum atomic E-state index is 12.1. The zero-order valence-corrected chi connectivity index (χ0v) is 11.5. The Labute approximate surface area is 110 Å². The van der Waals surface area contributed by atoms with E-state index in [1.807, 2.05) is 11.8 Å². The first-order valence-electron chi connectivity index (χ1n) is 7.30. The highest BCUT2D eigenvalue weighted by Gasteiger charge is 2.34. The van der Waals surface area contributed by atoms with Crippen molar-refractivity contribution in [3.05, 3.63) is 0 Å². The lowest BCUT2D eigenvalue weighted by molar-refractivity contribution is -0.132. The maximum Gasteiger partial charge on any atom is 0.239 e. The van der Waals surface area contributed by atoms with Crippen LogP contribution in [0.5, 0.6) is 0 Å². The third kappa shape index (κ3) is 3.04. The van der Waals surface area contributed by atoms with Gasteiger partial charge in [-0.1, -0.05) is 12.8 Å². The number of aliphatic hydroxyl groups is 1. The molecule has 104 valence electrons. The molecule has 1 aliphatic carbocycles. The number of rotatable bonds is 5. The molecule has 18 heavy (non-hydrogen) atoms. The van der Waals surface area contributed by atoms with Crippen LogP contribution in [-0.2, 0) is 4.79 Å². The van der Waals surface area contributed by atoms with Gasteiger partial charge in [0.05, 0.1) is 6.04 Å². The Morgan fingerprint density at radius 2 is 1.89 bits per heavy atom. The van der Waals surface area contributed by atoms with Gasteiger partial charge in [-0.2, -0.15) is 0 Å². The van der Waals surface area contributed by atoms with E-state index in [4.69, 9.17) is 0 Å². The molecule has 4 nitrogen and oxygen atoms in total. The standard InChI is InChI=1S/C14H26N2O2/c1-12(13(18)16-8-4-5-9-16)15-10-14(11-17)6-2-3-7-14/h12,15,17H,2-11H2,1H3. The van der Waals surface area contributed by atoms with Crippen LogP contribution in [0.1, 0.15) is 45.4 Å². The molecule has 1 heterocycles. The summed E-state index contributed by atoms with van der Waals surface area (Å²) in [6.07, 6.45) is 6.85. The fourth-order valence-corrected chi connectivity index (χ4v) is 3.18. The van der Waals surface area contributed by atoms with Crippen molar-refractivity contribution >= 4 is 5.91 Å². The molecule has 2 fully saturated rings. The van der Waals surface area contributed by atoms with Gasteiger partial charge >= 0.3 is 0 Å². The monoisotopic (exact) mass is 254 g/mol. The quantitative estimate of drug-likeness (QED) is 0.773. The Bertz CT molecular complexity index is 282. The van der Waals surface area contributed by atoms with Crippen LogP contribution < -0.4 is 5.32 Å². The van der Waals surface area contributed by atoms with E-state index in [0.29, 0.717) is 0 Å². The Hall–Kier alpha value is -0.610. The number of nitrogens with one attached hydrogen (secondary N) is 1. The van der Waals surface area contributed by atoms with Crippen LogP contribution in [0.4, 0.5) is 0 Å². The summed E-state index contributed by atoms with van der Waals surface area (Å²) in [5.74, 6) is 0.221. The molecule has 1 unspecified atom stereocenters. The molecular weight excluding hydrogens is 228 g/mol. The normalized spacial score (nSPS) is 24.4. The number of carbonyl (C=O) groups excluding carboxylic acids is 1. The maximum absolute atomic E-state index is 12.1. The van der Waals surface area contributed by atoms with Crippen molar-refractivity contribution < 1.29 is 9.90 Å². The van der Waals surface area contributed by atoms with Gasteiger partial charge in [-0.15, -0.1) is 0 Å². The van der Waals surface area contributed by atoms with Crippen molar-refractivity contribution in [2.45, 2.75) is 51.5 Å². The minimum Gasteiger partial charge on any atom is -0.396 e. The van der Waals surface area contributed by atoms with Crippen LogP contribution in [0.25, 0.3) is 0 Å². The average molecular weight is 254 g/mol. The second-order valence-electron chi connectivity index (χ2n) is 6.00. The van der Waals surface area contributed by atoms with E-state index in [1.54, 1.807) is 0 Å². The van der Waals surface area contributed by atoms with E-state index in [9.17, 15) is 9.90 Å². The highest BCUT2D eigenvalue weighted by Crippen LogP contribution is 2.36. The highest BCUT2D eigenvalue weighted by atomic mass is 16.3. The predicted octanol–water partition coefficient (Wildman–Crippen LogP) is 1.14. The van der Waals surface area contributed by atoms with Crippen molar-refractivity contribution in [3.63, 3.8) is 0 Å². The lowest BCUT2D eigenvalue weighted by Gasteiger charge is -2.29. The van der Waals surface area contributed by atoms with Gasteiger partial charge < -0.3 is 15.3 Å². The van der Waals surface area contributed by atoms with Gasteiger partial charge in [-0.25, -0.2) is 0 Å². The molecule has 1 amide bonds. The van der Waals surface area contributed by atoms with Crippen LogP contribution in [0, 0.1) is 5.41 Å². The Morgan fingerprint density at radius 1 is 1.28 bits per heavy atom. The molecule has 0 radical (unpaired) electrons. The third-order valence-corrected chi connectivity index (χ3v) is 4.57. The first kappa shape index (κ1) is 13.8. The van der Waals surface area contributed by atoms with Gasteiger partial charge in [0.1, 0.15) is 0 Å². The van der Waals surface area contributed by atoms with Crippen LogP contribution in [-0.4, -0.2) is 48.2 Å².